The highest BCUT2D eigenvalue weighted by atomic mass is 19.4. The number of aromatic nitrogens is 5. The second-order valence-electron chi connectivity index (χ2n) is 11.4. The number of aliphatic hydroxyl groups excluding tert-OH is 1. The van der Waals surface area contributed by atoms with Gasteiger partial charge in [-0.3, -0.25) is 15.0 Å². The van der Waals surface area contributed by atoms with Crippen molar-refractivity contribution >= 4 is 11.6 Å². The highest BCUT2D eigenvalue weighted by Gasteiger charge is 2.58. The van der Waals surface area contributed by atoms with Gasteiger partial charge in [0.2, 0.25) is 0 Å². The second-order valence-corrected chi connectivity index (χ2v) is 11.4. The normalized spacial score (nSPS) is 21.8. The Labute approximate surface area is 241 Å². The summed E-state index contributed by atoms with van der Waals surface area (Å²) < 4.78 is 92.9. The molecular formula is C25H32F6N8O4. The van der Waals surface area contributed by atoms with E-state index in [2.05, 4.69) is 35.7 Å². The van der Waals surface area contributed by atoms with E-state index < -0.39 is 54.2 Å². The Morgan fingerprint density at radius 3 is 2.53 bits per heavy atom. The molecule has 1 amide bonds. The lowest BCUT2D eigenvalue weighted by Gasteiger charge is -2.30. The number of aryl methyl sites for hydroxylation is 1. The van der Waals surface area contributed by atoms with Gasteiger partial charge >= 0.3 is 12.4 Å². The number of imidazole rings is 1. The zero-order valence-corrected chi connectivity index (χ0v) is 23.9. The molecule has 1 aliphatic rings. The van der Waals surface area contributed by atoms with Gasteiger partial charge in [0.1, 0.15) is 11.2 Å². The summed E-state index contributed by atoms with van der Waals surface area (Å²) in [4.78, 5) is 18.6. The highest BCUT2D eigenvalue weighted by Crippen LogP contribution is 2.43. The van der Waals surface area contributed by atoms with Crippen molar-refractivity contribution in [1.29, 1.82) is 0 Å². The SMILES string of the molecule is COC[C@H](c1cnn2cc([C@H](CCC(C)(C)C(F)(F)F)NC(=O)c3nonc3C)nc2c1)N1C[C@@](C)(C(F)(F)F)NC1O. The van der Waals surface area contributed by atoms with Crippen LogP contribution in [0.1, 0.15) is 73.1 Å². The molecule has 4 atom stereocenters. The number of aliphatic hydroxyl groups is 1. The van der Waals surface area contributed by atoms with Crippen LogP contribution in [0.4, 0.5) is 26.3 Å². The molecule has 1 unspecified atom stereocenters. The van der Waals surface area contributed by atoms with E-state index >= 15 is 0 Å². The van der Waals surface area contributed by atoms with Crippen molar-refractivity contribution in [2.75, 3.05) is 20.3 Å². The summed E-state index contributed by atoms with van der Waals surface area (Å²) in [6.07, 6.45) is -8.53. The highest BCUT2D eigenvalue weighted by molar-refractivity contribution is 5.93. The van der Waals surface area contributed by atoms with Crippen LogP contribution < -0.4 is 10.6 Å². The number of amides is 1. The van der Waals surface area contributed by atoms with Gasteiger partial charge in [0, 0.05) is 13.7 Å². The maximum atomic E-state index is 13.7. The fourth-order valence-electron chi connectivity index (χ4n) is 4.72. The number of hydrogen-bond donors (Lipinski definition) is 3. The van der Waals surface area contributed by atoms with Crippen LogP contribution in [0.5, 0.6) is 0 Å². The number of fused-ring (bicyclic) bond motifs is 1. The number of nitrogens with one attached hydrogen (secondary N) is 2. The van der Waals surface area contributed by atoms with Crippen molar-refractivity contribution in [2.24, 2.45) is 5.41 Å². The van der Waals surface area contributed by atoms with Crippen LogP contribution in [0, 0.1) is 12.3 Å². The number of alkyl halides is 6. The summed E-state index contributed by atoms with van der Waals surface area (Å²) >= 11 is 0. The molecule has 0 aliphatic carbocycles. The zero-order chi connectivity index (χ0) is 32.0. The predicted molar refractivity (Wildman–Crippen MR) is 136 cm³/mol. The van der Waals surface area contributed by atoms with Gasteiger partial charge in [-0.15, -0.1) is 0 Å². The lowest BCUT2D eigenvalue weighted by Crippen LogP contribution is -2.54. The first-order chi connectivity index (χ1) is 19.9. The Morgan fingerprint density at radius 1 is 1.28 bits per heavy atom. The third kappa shape index (κ3) is 6.61. The van der Waals surface area contributed by atoms with E-state index in [4.69, 9.17) is 4.74 Å². The zero-order valence-electron chi connectivity index (χ0n) is 23.9. The predicted octanol–water partition coefficient (Wildman–Crippen LogP) is 3.45. The van der Waals surface area contributed by atoms with Gasteiger partial charge in [0.05, 0.1) is 42.2 Å². The van der Waals surface area contributed by atoms with E-state index in [1.807, 2.05) is 0 Å². The summed E-state index contributed by atoms with van der Waals surface area (Å²) in [7, 11) is 1.35. The van der Waals surface area contributed by atoms with Gasteiger partial charge in [-0.2, -0.15) is 31.4 Å². The molecule has 3 aromatic rings. The summed E-state index contributed by atoms with van der Waals surface area (Å²) in [5.41, 5.74) is -3.68. The van der Waals surface area contributed by atoms with Crippen molar-refractivity contribution < 1.29 is 45.6 Å². The number of nitrogens with zero attached hydrogens (tertiary/aromatic N) is 6. The minimum absolute atomic E-state index is 0.103. The maximum Gasteiger partial charge on any atom is 0.407 e. The van der Waals surface area contributed by atoms with Crippen LogP contribution in [-0.2, 0) is 4.74 Å². The molecule has 1 saturated heterocycles. The molecule has 0 aromatic carbocycles. The summed E-state index contributed by atoms with van der Waals surface area (Å²) in [5.74, 6) is -0.734. The van der Waals surface area contributed by atoms with E-state index in [0.29, 0.717) is 5.56 Å². The molecule has 0 spiro atoms. The topological polar surface area (TPSA) is 143 Å². The number of halogens is 6. The standard InChI is InChI=1S/C25H32F6N8O4/c1-13-19(37-43-36-13)20(40)34-15(6-7-22(2,3)24(26,27)28)16-10-39-18(33-16)8-14(9-32-39)17(11-42-5)38-12-23(4,25(29,30)31)35-21(38)41/h8-10,15,17,21,35,41H,6-7,11-12H2,1-5H3,(H,34,40)/t15-,17+,21?,23-/m0/s1. The molecular weight excluding hydrogens is 590 g/mol. The number of rotatable bonds is 10. The molecule has 4 heterocycles. The van der Waals surface area contributed by atoms with Gasteiger partial charge < -0.3 is 15.2 Å². The lowest BCUT2D eigenvalue weighted by atomic mass is 9.85. The first kappa shape index (κ1) is 32.6. The molecule has 43 heavy (non-hydrogen) atoms. The summed E-state index contributed by atoms with van der Waals surface area (Å²) in [6, 6.07) is -0.372. The van der Waals surface area contributed by atoms with Gasteiger partial charge in [0.25, 0.3) is 5.91 Å². The van der Waals surface area contributed by atoms with Crippen molar-refractivity contribution in [3.05, 3.63) is 41.1 Å². The smallest absolute Gasteiger partial charge is 0.383 e. The first-order valence-corrected chi connectivity index (χ1v) is 13.2. The number of methoxy groups -OCH3 is 1. The van der Waals surface area contributed by atoms with Gasteiger partial charge in [0.15, 0.2) is 17.7 Å². The van der Waals surface area contributed by atoms with Crippen LogP contribution in [0.25, 0.3) is 5.65 Å². The Morgan fingerprint density at radius 2 is 1.98 bits per heavy atom. The van der Waals surface area contributed by atoms with Crippen molar-refractivity contribution in [3.8, 4) is 0 Å². The van der Waals surface area contributed by atoms with Gasteiger partial charge in [-0.1, -0.05) is 19.0 Å². The van der Waals surface area contributed by atoms with E-state index in [-0.39, 0.29) is 42.2 Å². The second kappa shape index (κ2) is 11.6. The summed E-state index contributed by atoms with van der Waals surface area (Å²) in [6.45, 7) is 3.83. The molecule has 238 valence electrons. The molecule has 4 rings (SSSR count). The summed E-state index contributed by atoms with van der Waals surface area (Å²) in [5, 5.41) is 26.7. The number of carbonyl (C=O) groups is 1. The van der Waals surface area contributed by atoms with Crippen LogP contribution in [0.3, 0.4) is 0 Å². The van der Waals surface area contributed by atoms with E-state index in [0.717, 1.165) is 20.8 Å². The average molecular weight is 623 g/mol. The Kier molecular flexibility index (Phi) is 8.80. The first-order valence-electron chi connectivity index (χ1n) is 13.2. The number of hydrogen-bond acceptors (Lipinski definition) is 10. The van der Waals surface area contributed by atoms with Crippen molar-refractivity contribution in [3.63, 3.8) is 0 Å². The number of ether oxygens (including phenoxy) is 1. The maximum absolute atomic E-state index is 13.7. The Hall–Kier alpha value is -3.35. The fraction of sp³-hybridized carbons (Fsp3) is 0.640. The Bertz CT molecular complexity index is 1440. The largest absolute Gasteiger partial charge is 0.407 e. The third-order valence-electron chi connectivity index (χ3n) is 7.71. The Balaban J connectivity index is 1.66. The molecule has 0 radical (unpaired) electrons. The minimum atomic E-state index is -4.65. The van der Waals surface area contributed by atoms with Gasteiger partial charge in [-0.25, -0.2) is 14.1 Å². The monoisotopic (exact) mass is 622 g/mol. The third-order valence-corrected chi connectivity index (χ3v) is 7.71. The minimum Gasteiger partial charge on any atom is -0.383 e. The molecule has 0 saturated carbocycles. The molecule has 3 aromatic heterocycles. The fourth-order valence-corrected chi connectivity index (χ4v) is 4.72. The quantitative estimate of drug-likeness (QED) is 0.288. The van der Waals surface area contributed by atoms with Crippen LogP contribution in [0.2, 0.25) is 0 Å². The number of carbonyl (C=O) groups excluding carboxylic acids is 1. The van der Waals surface area contributed by atoms with Crippen LogP contribution in [0.15, 0.2) is 23.1 Å². The molecule has 0 bridgehead atoms. The molecule has 1 fully saturated rings. The van der Waals surface area contributed by atoms with Crippen LogP contribution >= 0.6 is 0 Å². The average Bonchev–Trinajstić information content (AvgIpc) is 3.60. The molecule has 1 aliphatic heterocycles. The van der Waals surface area contributed by atoms with E-state index in [9.17, 15) is 36.2 Å². The molecule has 12 nitrogen and oxygen atoms in total. The van der Waals surface area contributed by atoms with E-state index in [1.165, 1.54) is 41.9 Å². The van der Waals surface area contributed by atoms with E-state index in [1.54, 1.807) is 0 Å². The lowest BCUT2D eigenvalue weighted by molar-refractivity contribution is -0.214. The van der Waals surface area contributed by atoms with Gasteiger partial charge in [-0.05, 0) is 43.5 Å². The van der Waals surface area contributed by atoms with Crippen LogP contribution in [-0.4, -0.2) is 85.3 Å². The van der Waals surface area contributed by atoms with Crippen molar-refractivity contribution in [1.82, 2.24) is 40.4 Å². The molecule has 3 N–H and O–H groups in total. The molecule has 18 heteroatoms. The van der Waals surface area contributed by atoms with Crippen molar-refractivity contribution in [2.45, 2.75) is 76.9 Å².